The molecule has 0 aromatic carbocycles. The van der Waals surface area contributed by atoms with Crippen LogP contribution >= 0.6 is 0 Å². The third kappa shape index (κ3) is 3.79. The Labute approximate surface area is 135 Å². The summed E-state index contributed by atoms with van der Waals surface area (Å²) in [4.78, 5) is 18.8. The van der Waals surface area contributed by atoms with Crippen LogP contribution in [0.3, 0.4) is 0 Å². The van der Waals surface area contributed by atoms with Gasteiger partial charge in [0.1, 0.15) is 0 Å². The first-order chi connectivity index (χ1) is 11.3. The van der Waals surface area contributed by atoms with E-state index in [-0.39, 0.29) is 5.91 Å². The summed E-state index contributed by atoms with van der Waals surface area (Å²) in [6.45, 7) is 4.76. The summed E-state index contributed by atoms with van der Waals surface area (Å²) in [6, 6.07) is 3.85. The van der Waals surface area contributed by atoms with Crippen molar-refractivity contribution < 1.29 is 13.7 Å². The third-order valence-corrected chi connectivity index (χ3v) is 4.02. The van der Waals surface area contributed by atoms with Crippen molar-refractivity contribution in [2.24, 2.45) is 0 Å². The smallest absolute Gasteiger partial charge is 0.238 e. The molecule has 2 aromatic heterocycles. The molecule has 2 aromatic rings. The van der Waals surface area contributed by atoms with E-state index in [1.165, 1.54) is 0 Å². The van der Waals surface area contributed by atoms with Crippen molar-refractivity contribution in [2.75, 3.05) is 19.6 Å². The molecule has 1 aliphatic heterocycles. The maximum absolute atomic E-state index is 12.5. The molecule has 1 N–H and O–H groups in total. The second-order valence-corrected chi connectivity index (χ2v) is 5.72. The third-order valence-electron chi connectivity index (χ3n) is 4.02. The molecule has 1 atom stereocenters. The number of furan rings is 1. The van der Waals surface area contributed by atoms with E-state index in [9.17, 15) is 4.79 Å². The number of carbonyl (C=O) groups excluding carboxylic acids is 1. The maximum atomic E-state index is 12.5. The Bertz CT molecular complexity index is 617. The van der Waals surface area contributed by atoms with Crippen LogP contribution in [-0.2, 0) is 11.2 Å². The van der Waals surface area contributed by atoms with Crippen LogP contribution in [0.1, 0.15) is 32.1 Å². The van der Waals surface area contributed by atoms with E-state index >= 15 is 0 Å². The number of carbonyl (C=O) groups is 1. The molecule has 1 saturated heterocycles. The number of hydrogen-bond donors (Lipinski definition) is 1. The Hall–Kier alpha value is -2.15. The predicted octanol–water partition coefficient (Wildman–Crippen LogP) is 1.86. The monoisotopic (exact) mass is 318 g/mol. The van der Waals surface area contributed by atoms with E-state index in [0.717, 1.165) is 32.5 Å². The molecule has 1 aliphatic rings. The van der Waals surface area contributed by atoms with Gasteiger partial charge < -0.3 is 19.2 Å². The van der Waals surface area contributed by atoms with Crippen LogP contribution in [0.4, 0.5) is 0 Å². The van der Waals surface area contributed by atoms with E-state index in [0.29, 0.717) is 36.4 Å². The summed E-state index contributed by atoms with van der Waals surface area (Å²) in [7, 11) is 0. The van der Waals surface area contributed by atoms with Crippen molar-refractivity contribution in [1.82, 2.24) is 20.4 Å². The van der Waals surface area contributed by atoms with E-state index < -0.39 is 0 Å². The molecular weight excluding hydrogens is 296 g/mol. The minimum Gasteiger partial charge on any atom is -0.461 e. The molecule has 0 spiro atoms. The first-order valence-corrected chi connectivity index (χ1v) is 8.14. The largest absolute Gasteiger partial charge is 0.461 e. The zero-order valence-electron chi connectivity index (χ0n) is 13.3. The van der Waals surface area contributed by atoms with Gasteiger partial charge in [-0.05, 0) is 31.5 Å². The summed E-state index contributed by atoms with van der Waals surface area (Å²) in [5.41, 5.74) is 0. The molecule has 124 valence electrons. The van der Waals surface area contributed by atoms with Crippen LogP contribution in [0.15, 0.2) is 27.3 Å². The van der Waals surface area contributed by atoms with E-state index in [2.05, 4.69) is 22.4 Å². The lowest BCUT2D eigenvalue weighted by atomic mass is 10.1. The van der Waals surface area contributed by atoms with Crippen molar-refractivity contribution in [3.05, 3.63) is 24.3 Å². The average molecular weight is 318 g/mol. The van der Waals surface area contributed by atoms with Gasteiger partial charge in [-0.1, -0.05) is 12.1 Å². The number of rotatable bonds is 7. The van der Waals surface area contributed by atoms with Crippen molar-refractivity contribution in [3.63, 3.8) is 0 Å². The van der Waals surface area contributed by atoms with Crippen molar-refractivity contribution in [3.8, 4) is 11.6 Å². The lowest BCUT2D eigenvalue weighted by molar-refractivity contribution is -0.133. The van der Waals surface area contributed by atoms with Crippen LogP contribution in [0, 0.1) is 0 Å². The van der Waals surface area contributed by atoms with Crippen LogP contribution in [-0.4, -0.2) is 46.6 Å². The normalized spacial score (nSPS) is 17.5. The number of hydrogen-bond acceptors (Lipinski definition) is 6. The van der Waals surface area contributed by atoms with Crippen LogP contribution in [0.2, 0.25) is 0 Å². The Morgan fingerprint density at radius 2 is 2.43 bits per heavy atom. The van der Waals surface area contributed by atoms with Gasteiger partial charge in [-0.2, -0.15) is 4.98 Å². The van der Waals surface area contributed by atoms with E-state index in [1.807, 2.05) is 4.90 Å². The molecule has 1 unspecified atom stereocenters. The first kappa shape index (κ1) is 15.7. The number of amides is 1. The number of aryl methyl sites for hydroxylation is 1. The Morgan fingerprint density at radius 3 is 3.13 bits per heavy atom. The molecule has 7 nitrogen and oxygen atoms in total. The summed E-state index contributed by atoms with van der Waals surface area (Å²) >= 11 is 0. The maximum Gasteiger partial charge on any atom is 0.238 e. The number of aromatic nitrogens is 2. The fourth-order valence-corrected chi connectivity index (χ4v) is 2.88. The van der Waals surface area contributed by atoms with Crippen molar-refractivity contribution >= 4 is 5.91 Å². The van der Waals surface area contributed by atoms with Gasteiger partial charge in [-0.25, -0.2) is 0 Å². The standard InChI is InChI=1S/C16H22N4O3/c1-2-9-20(12-7-8-17-11-12)15(21)6-5-14-18-16(19-23-14)13-4-3-10-22-13/h3-4,10,12,17H,2,5-9,11H2,1H3. The minimum absolute atomic E-state index is 0.151. The fraction of sp³-hybridized carbons (Fsp3) is 0.562. The van der Waals surface area contributed by atoms with Gasteiger partial charge in [0.2, 0.25) is 17.6 Å². The first-order valence-electron chi connectivity index (χ1n) is 8.14. The number of nitrogens with zero attached hydrogens (tertiary/aromatic N) is 3. The number of nitrogens with one attached hydrogen (secondary N) is 1. The van der Waals surface area contributed by atoms with Crippen LogP contribution in [0.5, 0.6) is 0 Å². The van der Waals surface area contributed by atoms with E-state index in [4.69, 9.17) is 8.94 Å². The highest BCUT2D eigenvalue weighted by atomic mass is 16.5. The zero-order valence-corrected chi connectivity index (χ0v) is 13.3. The quantitative estimate of drug-likeness (QED) is 0.839. The van der Waals surface area contributed by atoms with Gasteiger partial charge in [0.25, 0.3) is 0 Å². The Kier molecular flexibility index (Phi) is 5.07. The van der Waals surface area contributed by atoms with Crippen molar-refractivity contribution in [1.29, 1.82) is 0 Å². The SMILES string of the molecule is CCCN(C(=O)CCc1nc(-c2ccco2)no1)C1CCNC1. The summed E-state index contributed by atoms with van der Waals surface area (Å²) in [5.74, 6) is 1.60. The molecule has 1 fully saturated rings. The Balaban J connectivity index is 1.57. The lowest BCUT2D eigenvalue weighted by Gasteiger charge is -2.28. The van der Waals surface area contributed by atoms with Gasteiger partial charge in [0.05, 0.1) is 6.26 Å². The Morgan fingerprint density at radius 1 is 1.52 bits per heavy atom. The summed E-state index contributed by atoms with van der Waals surface area (Å²) in [5, 5.41) is 7.19. The van der Waals surface area contributed by atoms with Crippen molar-refractivity contribution in [2.45, 2.75) is 38.6 Å². The van der Waals surface area contributed by atoms with Gasteiger partial charge in [-0.15, -0.1) is 0 Å². The van der Waals surface area contributed by atoms with Gasteiger partial charge >= 0.3 is 0 Å². The molecule has 0 aliphatic carbocycles. The van der Waals surface area contributed by atoms with Gasteiger partial charge in [0, 0.05) is 32.0 Å². The summed E-state index contributed by atoms with van der Waals surface area (Å²) < 4.78 is 10.4. The van der Waals surface area contributed by atoms with Gasteiger partial charge in [-0.3, -0.25) is 4.79 Å². The van der Waals surface area contributed by atoms with Gasteiger partial charge in [0.15, 0.2) is 5.76 Å². The molecule has 0 radical (unpaired) electrons. The second kappa shape index (κ2) is 7.41. The van der Waals surface area contributed by atoms with Crippen LogP contribution in [0.25, 0.3) is 11.6 Å². The highest BCUT2D eigenvalue weighted by molar-refractivity contribution is 5.76. The summed E-state index contributed by atoms with van der Waals surface area (Å²) in [6.07, 6.45) is 4.39. The molecule has 0 saturated carbocycles. The highest BCUT2D eigenvalue weighted by Gasteiger charge is 2.26. The lowest BCUT2D eigenvalue weighted by Crippen LogP contribution is -2.42. The molecule has 1 amide bonds. The average Bonchev–Trinajstić information content (AvgIpc) is 3.32. The molecule has 7 heteroatoms. The fourth-order valence-electron chi connectivity index (χ4n) is 2.88. The molecule has 3 rings (SSSR count). The molecular formula is C16H22N4O3. The molecule has 23 heavy (non-hydrogen) atoms. The topological polar surface area (TPSA) is 84.4 Å². The minimum atomic E-state index is 0.151. The second-order valence-electron chi connectivity index (χ2n) is 5.72. The highest BCUT2D eigenvalue weighted by Crippen LogP contribution is 2.17. The molecule has 3 heterocycles. The predicted molar refractivity (Wildman–Crippen MR) is 83.6 cm³/mol. The molecule has 0 bridgehead atoms. The zero-order chi connectivity index (χ0) is 16.1. The van der Waals surface area contributed by atoms with Crippen LogP contribution < -0.4 is 5.32 Å². The van der Waals surface area contributed by atoms with E-state index in [1.54, 1.807) is 18.4 Å².